The highest BCUT2D eigenvalue weighted by Gasteiger charge is 2.34. The lowest BCUT2D eigenvalue weighted by atomic mass is 10.2. The van der Waals surface area contributed by atoms with Gasteiger partial charge in [0.2, 0.25) is 5.91 Å². The molecule has 8 heteroatoms. The van der Waals surface area contributed by atoms with Crippen molar-refractivity contribution in [3.63, 3.8) is 0 Å². The molecular formula is C17H20N2O4S2. The van der Waals surface area contributed by atoms with Gasteiger partial charge < -0.3 is 14.7 Å². The number of thioether (sulfide) groups is 1. The predicted octanol–water partition coefficient (Wildman–Crippen LogP) is 1.74. The predicted molar refractivity (Wildman–Crippen MR) is 102 cm³/mol. The minimum Gasteiger partial charge on any atom is -0.496 e. The van der Waals surface area contributed by atoms with E-state index in [1.165, 1.54) is 9.80 Å². The average Bonchev–Trinajstić information content (AvgIpc) is 2.87. The van der Waals surface area contributed by atoms with Gasteiger partial charge in [0.05, 0.1) is 18.6 Å². The third-order valence-corrected chi connectivity index (χ3v) is 5.07. The molecule has 2 amide bonds. The highest BCUT2D eigenvalue weighted by molar-refractivity contribution is 8.26. The normalized spacial score (nSPS) is 15.8. The van der Waals surface area contributed by atoms with Gasteiger partial charge in [0, 0.05) is 18.7 Å². The van der Waals surface area contributed by atoms with Crippen LogP contribution in [0.15, 0.2) is 29.2 Å². The van der Waals surface area contributed by atoms with Crippen molar-refractivity contribution in [2.24, 2.45) is 0 Å². The van der Waals surface area contributed by atoms with Gasteiger partial charge in [-0.05, 0) is 19.1 Å². The minimum absolute atomic E-state index is 0.119. The molecule has 0 aliphatic carbocycles. The maximum atomic E-state index is 12.6. The molecule has 0 spiro atoms. The van der Waals surface area contributed by atoms with Gasteiger partial charge in [-0.2, -0.15) is 0 Å². The maximum absolute atomic E-state index is 12.6. The van der Waals surface area contributed by atoms with Gasteiger partial charge >= 0.3 is 0 Å². The fourth-order valence-electron chi connectivity index (χ4n) is 2.38. The van der Waals surface area contributed by atoms with Crippen LogP contribution in [0.4, 0.5) is 0 Å². The fourth-order valence-corrected chi connectivity index (χ4v) is 3.62. The minimum atomic E-state index is -0.297. The van der Waals surface area contributed by atoms with E-state index in [9.17, 15) is 9.59 Å². The molecule has 1 aliphatic heterocycles. The molecule has 1 aromatic rings. The van der Waals surface area contributed by atoms with Gasteiger partial charge in [-0.25, -0.2) is 0 Å². The number of amides is 2. The molecule has 0 unspecified atom stereocenters. The van der Waals surface area contributed by atoms with Crippen LogP contribution in [0.2, 0.25) is 0 Å². The van der Waals surface area contributed by atoms with Gasteiger partial charge in [-0.1, -0.05) is 42.2 Å². The highest BCUT2D eigenvalue weighted by Crippen LogP contribution is 2.34. The van der Waals surface area contributed by atoms with E-state index in [0.29, 0.717) is 21.5 Å². The van der Waals surface area contributed by atoms with E-state index in [1.54, 1.807) is 13.2 Å². The van der Waals surface area contributed by atoms with Crippen LogP contribution >= 0.6 is 24.0 Å². The lowest BCUT2D eigenvalue weighted by Gasteiger charge is -2.22. The molecule has 1 aliphatic rings. The number of likely N-dealkylation sites (N-methyl/N-ethyl adjacent to an activating group) is 1. The third kappa shape index (κ3) is 4.59. The van der Waals surface area contributed by atoms with Crippen molar-refractivity contribution < 1.29 is 19.4 Å². The summed E-state index contributed by atoms with van der Waals surface area (Å²) >= 11 is 6.42. The highest BCUT2D eigenvalue weighted by atomic mass is 32.2. The van der Waals surface area contributed by atoms with Crippen LogP contribution < -0.4 is 4.74 Å². The summed E-state index contributed by atoms with van der Waals surface area (Å²) in [5.41, 5.74) is 0.771. The van der Waals surface area contributed by atoms with Gasteiger partial charge in [-0.3, -0.25) is 14.5 Å². The molecule has 0 atom stereocenters. The number of rotatable bonds is 7. The van der Waals surface area contributed by atoms with E-state index in [4.69, 9.17) is 22.1 Å². The molecule has 0 radical (unpaired) electrons. The van der Waals surface area contributed by atoms with Crippen molar-refractivity contribution in [2.45, 2.75) is 6.92 Å². The van der Waals surface area contributed by atoms with E-state index in [0.717, 1.165) is 17.3 Å². The summed E-state index contributed by atoms with van der Waals surface area (Å²) in [6, 6.07) is 7.36. The monoisotopic (exact) mass is 380 g/mol. The number of hydrogen-bond acceptors (Lipinski definition) is 6. The van der Waals surface area contributed by atoms with E-state index in [2.05, 4.69) is 0 Å². The zero-order chi connectivity index (χ0) is 18.4. The Kier molecular flexibility index (Phi) is 6.98. The first-order valence-electron chi connectivity index (χ1n) is 7.78. The van der Waals surface area contributed by atoms with Crippen LogP contribution in [0.25, 0.3) is 6.08 Å². The molecule has 25 heavy (non-hydrogen) atoms. The number of carbonyl (C=O) groups excluding carboxylic acids is 2. The number of nitrogens with zero attached hydrogens (tertiary/aromatic N) is 2. The summed E-state index contributed by atoms with van der Waals surface area (Å²) in [4.78, 5) is 28.1. The number of ether oxygens (including phenoxy) is 1. The molecule has 134 valence electrons. The van der Waals surface area contributed by atoms with Crippen molar-refractivity contribution in [2.75, 3.05) is 33.4 Å². The standard InChI is InChI=1S/C17H20N2O4S2/c1-3-18(8-9-20)15(21)11-19-16(22)14(25-17(19)24)10-12-6-4-5-7-13(12)23-2/h4-7,10,20H,3,8-9,11H2,1-2H3/b14-10-. The first kappa shape index (κ1) is 19.4. The Bertz CT molecular complexity index is 706. The summed E-state index contributed by atoms with van der Waals surface area (Å²) in [6.45, 7) is 2.28. The Labute approximate surface area is 156 Å². The lowest BCUT2D eigenvalue weighted by molar-refractivity contribution is -0.135. The second kappa shape index (κ2) is 8.98. The second-order valence-electron chi connectivity index (χ2n) is 5.21. The Morgan fingerprint density at radius 1 is 1.44 bits per heavy atom. The van der Waals surface area contributed by atoms with Crippen LogP contribution in [-0.4, -0.2) is 64.4 Å². The van der Waals surface area contributed by atoms with Gasteiger partial charge in [0.15, 0.2) is 0 Å². The number of thiocarbonyl (C=S) groups is 1. The number of benzene rings is 1. The topological polar surface area (TPSA) is 70.1 Å². The average molecular weight is 380 g/mol. The zero-order valence-corrected chi connectivity index (χ0v) is 15.7. The quantitative estimate of drug-likeness (QED) is 0.574. The molecule has 0 bridgehead atoms. The summed E-state index contributed by atoms with van der Waals surface area (Å²) in [6.07, 6.45) is 1.72. The molecule has 2 rings (SSSR count). The van der Waals surface area contributed by atoms with Crippen LogP contribution in [0.5, 0.6) is 5.75 Å². The molecule has 1 saturated heterocycles. The smallest absolute Gasteiger partial charge is 0.266 e. The summed E-state index contributed by atoms with van der Waals surface area (Å²) in [7, 11) is 1.57. The Morgan fingerprint density at radius 3 is 2.80 bits per heavy atom. The molecule has 1 heterocycles. The van der Waals surface area contributed by atoms with Crippen molar-refractivity contribution in [1.82, 2.24) is 9.80 Å². The summed E-state index contributed by atoms with van der Waals surface area (Å²) in [5.74, 6) is 0.115. The number of aliphatic hydroxyl groups is 1. The third-order valence-electron chi connectivity index (χ3n) is 3.70. The number of aliphatic hydroxyl groups excluding tert-OH is 1. The van der Waals surface area contributed by atoms with Crippen molar-refractivity contribution in [3.8, 4) is 5.75 Å². The van der Waals surface area contributed by atoms with E-state index in [-0.39, 0.29) is 31.5 Å². The number of hydrogen-bond donors (Lipinski definition) is 1. The first-order chi connectivity index (χ1) is 12.0. The number of para-hydroxylation sites is 1. The van der Waals surface area contributed by atoms with Crippen LogP contribution in [-0.2, 0) is 9.59 Å². The molecule has 0 aromatic heterocycles. The number of carbonyl (C=O) groups is 2. The van der Waals surface area contributed by atoms with E-state index < -0.39 is 0 Å². The van der Waals surface area contributed by atoms with Crippen LogP contribution in [0, 0.1) is 0 Å². The Morgan fingerprint density at radius 2 is 2.16 bits per heavy atom. The lowest BCUT2D eigenvalue weighted by Crippen LogP contribution is -2.43. The summed E-state index contributed by atoms with van der Waals surface area (Å²) in [5, 5.41) is 9.01. The van der Waals surface area contributed by atoms with E-state index in [1.807, 2.05) is 31.2 Å². The molecule has 1 fully saturated rings. The zero-order valence-electron chi connectivity index (χ0n) is 14.1. The van der Waals surface area contributed by atoms with Crippen LogP contribution in [0.3, 0.4) is 0 Å². The Balaban J connectivity index is 2.17. The largest absolute Gasteiger partial charge is 0.496 e. The maximum Gasteiger partial charge on any atom is 0.266 e. The van der Waals surface area contributed by atoms with E-state index >= 15 is 0 Å². The van der Waals surface area contributed by atoms with Crippen molar-refractivity contribution in [3.05, 3.63) is 34.7 Å². The Hall–Kier alpha value is -1.90. The van der Waals surface area contributed by atoms with Crippen molar-refractivity contribution in [1.29, 1.82) is 0 Å². The van der Waals surface area contributed by atoms with Gasteiger partial charge in [-0.15, -0.1) is 0 Å². The fraction of sp³-hybridized carbons (Fsp3) is 0.353. The molecule has 1 aromatic carbocycles. The van der Waals surface area contributed by atoms with Gasteiger partial charge in [0.1, 0.15) is 16.6 Å². The molecule has 6 nitrogen and oxygen atoms in total. The molecule has 1 N–H and O–H groups in total. The first-order valence-corrected chi connectivity index (χ1v) is 9.01. The molecule has 0 saturated carbocycles. The SMILES string of the molecule is CCN(CCO)C(=O)CN1C(=O)/C(=C/c2ccccc2OC)SC1=S. The number of methoxy groups -OCH3 is 1. The van der Waals surface area contributed by atoms with Crippen LogP contribution in [0.1, 0.15) is 12.5 Å². The molecular weight excluding hydrogens is 360 g/mol. The van der Waals surface area contributed by atoms with Gasteiger partial charge in [0.25, 0.3) is 5.91 Å². The summed E-state index contributed by atoms with van der Waals surface area (Å²) < 4.78 is 5.63. The second-order valence-corrected chi connectivity index (χ2v) is 6.88. The van der Waals surface area contributed by atoms with Crippen molar-refractivity contribution >= 4 is 46.2 Å².